The molecule has 154 valence electrons. The summed E-state index contributed by atoms with van der Waals surface area (Å²) in [5.41, 5.74) is 7.74. The summed E-state index contributed by atoms with van der Waals surface area (Å²) in [6.07, 6.45) is 3.91. The van der Waals surface area contributed by atoms with E-state index in [1.807, 2.05) is 53.9 Å². The minimum atomic E-state index is -0.826. The molecule has 4 aromatic rings. The average Bonchev–Trinajstić information content (AvgIpc) is 3.31. The Morgan fingerprint density at radius 3 is 2.70 bits per heavy atom. The standard InChI is InChI=1S/C21H23N7OS/c1-13-10-17(27-26-13)24-20-25-19(12-18-23-8-9-28(18)20)30-15-6-4-14(5-7-15)11-16(29)21(2,3)22/h4-10,12H,11,22H2,1-3H3,(H2,24,25,26,27). The van der Waals surface area contributed by atoms with E-state index in [9.17, 15) is 4.79 Å². The van der Waals surface area contributed by atoms with Gasteiger partial charge in [0.25, 0.3) is 0 Å². The Labute approximate surface area is 178 Å². The average molecular weight is 422 g/mol. The van der Waals surface area contributed by atoms with Crippen molar-refractivity contribution in [1.29, 1.82) is 0 Å². The van der Waals surface area contributed by atoms with Crippen LogP contribution in [0, 0.1) is 6.92 Å². The summed E-state index contributed by atoms with van der Waals surface area (Å²) in [6, 6.07) is 11.7. The van der Waals surface area contributed by atoms with Crippen LogP contribution in [0.2, 0.25) is 0 Å². The molecule has 0 atom stereocenters. The number of carbonyl (C=O) groups excluding carboxylic acids is 1. The molecule has 0 unspecified atom stereocenters. The van der Waals surface area contributed by atoms with Crippen molar-refractivity contribution >= 4 is 35.0 Å². The first-order valence-corrected chi connectivity index (χ1v) is 10.3. The summed E-state index contributed by atoms with van der Waals surface area (Å²) < 4.78 is 1.87. The minimum Gasteiger partial charge on any atom is -0.319 e. The number of aromatic amines is 1. The molecule has 1 aromatic carbocycles. The second kappa shape index (κ2) is 7.92. The Bertz CT molecular complexity index is 1190. The molecule has 3 heterocycles. The lowest BCUT2D eigenvalue weighted by Gasteiger charge is -2.16. The molecule has 0 fully saturated rings. The highest BCUT2D eigenvalue weighted by Gasteiger charge is 2.21. The van der Waals surface area contributed by atoms with Crippen molar-refractivity contribution in [2.45, 2.75) is 42.7 Å². The first-order valence-electron chi connectivity index (χ1n) is 9.50. The maximum atomic E-state index is 12.1. The first-order chi connectivity index (χ1) is 14.3. The highest BCUT2D eigenvalue weighted by molar-refractivity contribution is 7.99. The fourth-order valence-corrected chi connectivity index (χ4v) is 3.66. The minimum absolute atomic E-state index is 0.0126. The number of imidazole rings is 1. The monoisotopic (exact) mass is 421 g/mol. The summed E-state index contributed by atoms with van der Waals surface area (Å²) in [6.45, 7) is 5.40. The van der Waals surface area contributed by atoms with Crippen molar-refractivity contribution in [3.63, 3.8) is 0 Å². The molecule has 0 radical (unpaired) electrons. The predicted molar refractivity (Wildman–Crippen MR) is 117 cm³/mol. The van der Waals surface area contributed by atoms with E-state index < -0.39 is 5.54 Å². The number of fused-ring (bicyclic) bond motifs is 1. The number of rotatable bonds is 7. The van der Waals surface area contributed by atoms with Gasteiger partial charge < -0.3 is 11.1 Å². The molecule has 0 saturated heterocycles. The SMILES string of the molecule is Cc1cc(Nc2nc(Sc3ccc(CC(=O)C(C)(C)N)cc3)cc3nccn23)n[nH]1. The zero-order valence-corrected chi connectivity index (χ0v) is 17.8. The number of aryl methyl sites for hydroxylation is 1. The van der Waals surface area contributed by atoms with Crippen LogP contribution in [-0.2, 0) is 11.2 Å². The van der Waals surface area contributed by atoms with Crippen LogP contribution < -0.4 is 11.1 Å². The summed E-state index contributed by atoms with van der Waals surface area (Å²) in [5, 5.41) is 11.2. The molecule has 9 heteroatoms. The van der Waals surface area contributed by atoms with E-state index in [1.165, 1.54) is 11.8 Å². The molecule has 30 heavy (non-hydrogen) atoms. The van der Waals surface area contributed by atoms with E-state index in [1.54, 1.807) is 20.0 Å². The van der Waals surface area contributed by atoms with E-state index in [0.29, 0.717) is 18.2 Å². The van der Waals surface area contributed by atoms with Crippen molar-refractivity contribution < 1.29 is 4.79 Å². The van der Waals surface area contributed by atoms with Crippen LogP contribution in [0.4, 0.5) is 11.8 Å². The lowest BCUT2D eigenvalue weighted by molar-refractivity contribution is -0.122. The number of hydrogen-bond donors (Lipinski definition) is 3. The van der Waals surface area contributed by atoms with Gasteiger partial charge in [-0.15, -0.1) is 0 Å². The summed E-state index contributed by atoms with van der Waals surface area (Å²) in [5.74, 6) is 1.33. The van der Waals surface area contributed by atoms with E-state index in [4.69, 9.17) is 10.7 Å². The Balaban J connectivity index is 1.54. The number of nitrogens with two attached hydrogens (primary N) is 1. The van der Waals surface area contributed by atoms with Crippen LogP contribution in [0.1, 0.15) is 25.1 Å². The fraction of sp³-hybridized carbons (Fsp3) is 0.238. The van der Waals surface area contributed by atoms with Gasteiger partial charge in [-0.25, -0.2) is 9.97 Å². The summed E-state index contributed by atoms with van der Waals surface area (Å²) >= 11 is 1.53. The number of benzene rings is 1. The maximum Gasteiger partial charge on any atom is 0.215 e. The molecule has 0 aliphatic carbocycles. The molecule has 0 spiro atoms. The maximum absolute atomic E-state index is 12.1. The van der Waals surface area contributed by atoms with Crippen molar-refractivity contribution in [2.75, 3.05) is 5.32 Å². The molecule has 0 aliphatic heterocycles. The topological polar surface area (TPSA) is 114 Å². The zero-order chi connectivity index (χ0) is 21.3. The van der Waals surface area contributed by atoms with E-state index in [2.05, 4.69) is 20.5 Å². The second-order valence-electron chi connectivity index (χ2n) is 7.70. The number of nitrogens with one attached hydrogen (secondary N) is 2. The van der Waals surface area contributed by atoms with Crippen LogP contribution >= 0.6 is 11.8 Å². The molecule has 0 amide bonds. The molecule has 4 N–H and O–H groups in total. The lowest BCUT2D eigenvalue weighted by Crippen LogP contribution is -2.42. The molecular weight excluding hydrogens is 398 g/mol. The van der Waals surface area contributed by atoms with Crippen molar-refractivity contribution in [3.05, 3.63) is 60.0 Å². The number of nitrogens with zero attached hydrogens (tertiary/aromatic N) is 4. The molecule has 8 nitrogen and oxygen atoms in total. The molecule has 0 saturated carbocycles. The van der Waals surface area contributed by atoms with E-state index in [0.717, 1.165) is 26.8 Å². The number of ketones is 1. The number of aromatic nitrogens is 5. The highest BCUT2D eigenvalue weighted by atomic mass is 32.2. The van der Waals surface area contributed by atoms with Crippen LogP contribution in [0.15, 0.2) is 58.7 Å². The van der Waals surface area contributed by atoms with Crippen LogP contribution in [0.25, 0.3) is 5.65 Å². The number of hydrogen-bond acceptors (Lipinski definition) is 7. The Kier molecular flexibility index (Phi) is 5.31. The van der Waals surface area contributed by atoms with Gasteiger partial charge in [-0.2, -0.15) is 5.10 Å². The van der Waals surface area contributed by atoms with Gasteiger partial charge in [0.1, 0.15) is 10.7 Å². The van der Waals surface area contributed by atoms with Gasteiger partial charge in [0, 0.05) is 41.5 Å². The van der Waals surface area contributed by atoms with Gasteiger partial charge in [0.05, 0.1) is 5.54 Å². The van der Waals surface area contributed by atoms with Gasteiger partial charge in [-0.3, -0.25) is 14.3 Å². The molecule has 0 bridgehead atoms. The molecule has 0 aliphatic rings. The quantitative estimate of drug-likeness (QED) is 0.391. The zero-order valence-electron chi connectivity index (χ0n) is 17.0. The summed E-state index contributed by atoms with van der Waals surface area (Å²) in [4.78, 5) is 22.3. The smallest absolute Gasteiger partial charge is 0.215 e. The van der Waals surface area contributed by atoms with Crippen molar-refractivity contribution in [3.8, 4) is 0 Å². The largest absolute Gasteiger partial charge is 0.319 e. The lowest BCUT2D eigenvalue weighted by atomic mass is 9.95. The first kappa shape index (κ1) is 20.1. The number of H-pyrrole nitrogens is 1. The fourth-order valence-electron chi connectivity index (χ4n) is 2.85. The third kappa shape index (κ3) is 4.52. The van der Waals surface area contributed by atoms with Crippen molar-refractivity contribution in [1.82, 2.24) is 24.6 Å². The molecular formula is C21H23N7OS. The van der Waals surface area contributed by atoms with Gasteiger partial charge in [0.2, 0.25) is 5.95 Å². The van der Waals surface area contributed by atoms with Crippen LogP contribution in [0.5, 0.6) is 0 Å². The molecule has 3 aromatic heterocycles. The Morgan fingerprint density at radius 2 is 2.03 bits per heavy atom. The number of Topliss-reactive ketones (excluding diaryl/α,β-unsaturated/α-hetero) is 1. The third-order valence-corrected chi connectivity index (χ3v) is 5.47. The Morgan fingerprint density at radius 1 is 1.27 bits per heavy atom. The van der Waals surface area contributed by atoms with Crippen molar-refractivity contribution in [2.24, 2.45) is 5.73 Å². The number of carbonyl (C=O) groups is 1. The van der Waals surface area contributed by atoms with Gasteiger partial charge in [0.15, 0.2) is 11.6 Å². The van der Waals surface area contributed by atoms with Crippen LogP contribution in [-0.4, -0.2) is 35.9 Å². The van der Waals surface area contributed by atoms with Gasteiger partial charge in [-0.1, -0.05) is 23.9 Å². The van der Waals surface area contributed by atoms with Gasteiger partial charge >= 0.3 is 0 Å². The van der Waals surface area contributed by atoms with Gasteiger partial charge in [-0.05, 0) is 38.5 Å². The van der Waals surface area contributed by atoms with Crippen LogP contribution in [0.3, 0.4) is 0 Å². The van der Waals surface area contributed by atoms with E-state index >= 15 is 0 Å². The van der Waals surface area contributed by atoms with E-state index in [-0.39, 0.29) is 5.78 Å². The Hall–Kier alpha value is -3.17. The highest BCUT2D eigenvalue weighted by Crippen LogP contribution is 2.29. The second-order valence-corrected chi connectivity index (χ2v) is 8.80. The summed E-state index contributed by atoms with van der Waals surface area (Å²) in [7, 11) is 0. The predicted octanol–water partition coefficient (Wildman–Crippen LogP) is 3.50. The third-order valence-electron chi connectivity index (χ3n) is 4.54. The number of anilines is 2. The normalized spacial score (nSPS) is 11.7. The molecule has 4 rings (SSSR count).